The molecule has 1 heterocycles. The van der Waals surface area contributed by atoms with Crippen molar-refractivity contribution in [2.45, 2.75) is 23.5 Å². The van der Waals surface area contributed by atoms with Gasteiger partial charge in [-0.05, 0) is 67.1 Å². The topological polar surface area (TPSA) is 119 Å². The van der Waals surface area contributed by atoms with Crippen molar-refractivity contribution in [1.82, 2.24) is 10.3 Å². The fraction of sp³-hybridized carbons (Fsp3) is 0.152. The first-order valence-electron chi connectivity index (χ1n) is 13.6. The molecule has 3 aromatic carbocycles. The first kappa shape index (κ1) is 32.1. The second-order valence-corrected chi connectivity index (χ2v) is 11.0. The number of amides is 3. The van der Waals surface area contributed by atoms with Crippen molar-refractivity contribution in [1.29, 1.82) is 0 Å². The number of carbonyl (C=O) groups excluding carboxylic acids is 3. The number of nitrogens with zero attached hydrogens (tertiary/aromatic N) is 1. The third-order valence-corrected chi connectivity index (χ3v) is 7.86. The molecule has 0 saturated carbocycles. The predicted octanol–water partition coefficient (Wildman–Crippen LogP) is 6.67. The molecule has 11 heteroatoms. The van der Waals surface area contributed by atoms with E-state index in [0.29, 0.717) is 45.6 Å². The summed E-state index contributed by atoms with van der Waals surface area (Å²) in [6.45, 7) is 1.91. The van der Waals surface area contributed by atoms with Crippen molar-refractivity contribution in [3.8, 4) is 11.5 Å². The zero-order valence-electron chi connectivity index (χ0n) is 24.3. The first-order valence-corrected chi connectivity index (χ1v) is 14.9. The maximum Gasteiger partial charge on any atom is 0.272 e. The van der Waals surface area contributed by atoms with Gasteiger partial charge in [-0.15, -0.1) is 11.8 Å². The van der Waals surface area contributed by atoms with Crippen LogP contribution >= 0.6 is 23.4 Å². The lowest BCUT2D eigenvalue weighted by atomic mass is 10.1. The number of ether oxygens (including phenoxy) is 2. The molecule has 226 valence electrons. The number of rotatable bonds is 12. The summed E-state index contributed by atoms with van der Waals surface area (Å²) < 4.78 is 10.8. The smallest absolute Gasteiger partial charge is 0.272 e. The second kappa shape index (κ2) is 15.6. The Kier molecular flexibility index (Phi) is 11.4. The quantitative estimate of drug-likeness (QED) is 0.118. The minimum absolute atomic E-state index is 0.00153. The molecule has 3 amide bonds. The predicted molar refractivity (Wildman–Crippen MR) is 174 cm³/mol. The molecule has 0 radical (unpaired) electrons. The Labute approximate surface area is 265 Å². The summed E-state index contributed by atoms with van der Waals surface area (Å²) in [4.78, 5) is 44.4. The third-order valence-electron chi connectivity index (χ3n) is 6.28. The minimum Gasteiger partial charge on any atom is -0.497 e. The van der Waals surface area contributed by atoms with Crippen LogP contribution in [0.3, 0.4) is 0 Å². The largest absolute Gasteiger partial charge is 0.497 e. The Bertz CT molecular complexity index is 1650. The van der Waals surface area contributed by atoms with E-state index in [1.165, 1.54) is 31.1 Å². The highest BCUT2D eigenvalue weighted by molar-refractivity contribution is 8.00. The van der Waals surface area contributed by atoms with Crippen LogP contribution in [0.5, 0.6) is 11.5 Å². The van der Waals surface area contributed by atoms with Crippen LogP contribution < -0.4 is 25.4 Å². The van der Waals surface area contributed by atoms with Gasteiger partial charge in [-0.25, -0.2) is 4.98 Å². The molecule has 0 aliphatic carbocycles. The van der Waals surface area contributed by atoms with Crippen LogP contribution in [0.2, 0.25) is 5.02 Å². The molecule has 3 N–H and O–H groups in total. The fourth-order valence-electron chi connectivity index (χ4n) is 4.02. The van der Waals surface area contributed by atoms with Crippen molar-refractivity contribution in [2.75, 3.05) is 24.9 Å². The summed E-state index contributed by atoms with van der Waals surface area (Å²) in [5, 5.41) is 8.46. The lowest BCUT2D eigenvalue weighted by Gasteiger charge is -2.16. The maximum absolute atomic E-state index is 13.6. The molecule has 9 nitrogen and oxygen atoms in total. The van der Waals surface area contributed by atoms with E-state index >= 15 is 0 Å². The molecule has 0 aliphatic rings. The maximum atomic E-state index is 13.6. The lowest BCUT2D eigenvalue weighted by Crippen LogP contribution is -2.30. The van der Waals surface area contributed by atoms with Crippen LogP contribution in [0, 0.1) is 0 Å². The van der Waals surface area contributed by atoms with Crippen LogP contribution in [-0.4, -0.2) is 42.2 Å². The SMILES string of the molecule is CCC(Sc1cccc(NC(=O)/C(=C\c2ccc(OC)cc2OC)NC(=O)c2ccccc2)c1)C(=O)Nc1ccc(Cl)cn1. The van der Waals surface area contributed by atoms with Crippen LogP contribution in [0.1, 0.15) is 29.3 Å². The average Bonchev–Trinajstić information content (AvgIpc) is 3.04. The van der Waals surface area contributed by atoms with Crippen molar-refractivity contribution < 1.29 is 23.9 Å². The fourth-order valence-corrected chi connectivity index (χ4v) is 5.15. The van der Waals surface area contributed by atoms with E-state index in [1.54, 1.807) is 86.0 Å². The number of hydrogen-bond donors (Lipinski definition) is 3. The zero-order chi connectivity index (χ0) is 31.5. The molecular formula is C33H31ClN4O5S. The Balaban J connectivity index is 1.54. The number of pyridine rings is 1. The highest BCUT2D eigenvalue weighted by atomic mass is 35.5. The van der Waals surface area contributed by atoms with E-state index in [1.807, 2.05) is 13.0 Å². The number of hydrogen-bond acceptors (Lipinski definition) is 7. The van der Waals surface area contributed by atoms with Gasteiger partial charge in [0.2, 0.25) is 5.91 Å². The molecule has 1 unspecified atom stereocenters. The summed E-state index contributed by atoms with van der Waals surface area (Å²) in [6.07, 6.45) is 3.56. The zero-order valence-corrected chi connectivity index (χ0v) is 25.9. The molecule has 0 bridgehead atoms. The van der Waals surface area contributed by atoms with Gasteiger partial charge in [0.15, 0.2) is 0 Å². The molecular weight excluding hydrogens is 600 g/mol. The van der Waals surface area contributed by atoms with E-state index in [2.05, 4.69) is 20.9 Å². The average molecular weight is 631 g/mol. The van der Waals surface area contributed by atoms with Gasteiger partial charge in [-0.3, -0.25) is 14.4 Å². The minimum atomic E-state index is -0.548. The number of aromatic nitrogens is 1. The van der Waals surface area contributed by atoms with Crippen LogP contribution in [0.15, 0.2) is 102 Å². The van der Waals surface area contributed by atoms with Gasteiger partial charge < -0.3 is 25.4 Å². The second-order valence-electron chi connectivity index (χ2n) is 9.33. The Morgan fingerprint density at radius 3 is 2.41 bits per heavy atom. The molecule has 0 spiro atoms. The highest BCUT2D eigenvalue weighted by Gasteiger charge is 2.20. The van der Waals surface area contributed by atoms with Gasteiger partial charge >= 0.3 is 0 Å². The molecule has 44 heavy (non-hydrogen) atoms. The van der Waals surface area contributed by atoms with Gasteiger partial charge in [-0.1, -0.05) is 42.8 Å². The van der Waals surface area contributed by atoms with Gasteiger partial charge in [0.1, 0.15) is 23.0 Å². The van der Waals surface area contributed by atoms with Crippen molar-refractivity contribution in [2.24, 2.45) is 0 Å². The number of thioether (sulfide) groups is 1. The molecule has 0 saturated heterocycles. The Morgan fingerprint density at radius 1 is 0.932 bits per heavy atom. The number of halogens is 1. The molecule has 4 aromatic rings. The first-order chi connectivity index (χ1) is 21.3. The summed E-state index contributed by atoms with van der Waals surface area (Å²) in [5.74, 6) is 0.244. The molecule has 0 aliphatic heterocycles. The van der Waals surface area contributed by atoms with Crippen LogP contribution in [-0.2, 0) is 9.59 Å². The van der Waals surface area contributed by atoms with Gasteiger partial charge in [0.25, 0.3) is 11.8 Å². The van der Waals surface area contributed by atoms with Crippen molar-refractivity contribution >= 4 is 58.7 Å². The number of carbonyl (C=O) groups is 3. The third kappa shape index (κ3) is 8.85. The van der Waals surface area contributed by atoms with E-state index < -0.39 is 17.1 Å². The van der Waals surface area contributed by atoms with Crippen molar-refractivity contribution in [3.05, 3.63) is 113 Å². The number of nitrogens with one attached hydrogen (secondary N) is 3. The monoisotopic (exact) mass is 630 g/mol. The molecule has 0 fully saturated rings. The van der Waals surface area contributed by atoms with E-state index in [4.69, 9.17) is 21.1 Å². The van der Waals surface area contributed by atoms with Crippen LogP contribution in [0.4, 0.5) is 11.5 Å². The molecule has 1 aromatic heterocycles. The lowest BCUT2D eigenvalue weighted by molar-refractivity contribution is -0.116. The van der Waals surface area contributed by atoms with Crippen LogP contribution in [0.25, 0.3) is 6.08 Å². The summed E-state index contributed by atoms with van der Waals surface area (Å²) in [7, 11) is 3.05. The Hall–Kier alpha value is -4.80. The molecule has 4 rings (SSSR count). The summed E-state index contributed by atoms with van der Waals surface area (Å²) in [5.41, 5.74) is 1.44. The van der Waals surface area contributed by atoms with Gasteiger partial charge in [0.05, 0.1) is 24.5 Å². The van der Waals surface area contributed by atoms with E-state index in [-0.39, 0.29) is 11.6 Å². The number of methoxy groups -OCH3 is 2. The standard InChI is InChI=1S/C33H31ClN4O5S/c1-4-29(33(41)38-30-16-14-23(34)20-35-30)44-26-12-8-11-24(18-26)36-32(40)27(37-31(39)21-9-6-5-7-10-21)17-22-13-15-25(42-2)19-28(22)43-3/h5-20,29H,4H2,1-3H3,(H,36,40)(H,37,39)(H,35,38,41)/b27-17+. The van der Waals surface area contributed by atoms with E-state index in [9.17, 15) is 14.4 Å². The number of anilines is 2. The Morgan fingerprint density at radius 2 is 1.73 bits per heavy atom. The van der Waals surface area contributed by atoms with Crippen molar-refractivity contribution in [3.63, 3.8) is 0 Å². The van der Waals surface area contributed by atoms with E-state index in [0.717, 1.165) is 4.90 Å². The number of benzene rings is 3. The summed E-state index contributed by atoms with van der Waals surface area (Å²) in [6, 6.07) is 24.2. The summed E-state index contributed by atoms with van der Waals surface area (Å²) >= 11 is 7.25. The normalized spacial score (nSPS) is 11.7. The van der Waals surface area contributed by atoms with Gasteiger partial charge in [-0.2, -0.15) is 0 Å². The molecule has 1 atom stereocenters. The highest BCUT2D eigenvalue weighted by Crippen LogP contribution is 2.29. The van der Waals surface area contributed by atoms with Gasteiger partial charge in [0, 0.05) is 34.0 Å².